The standard InChI is InChI=1S/C12H10FNO/c13-12-8-4-5-10(14-12)9-15-11-6-2-1-3-7-11/h1-8H,9H2. The van der Waals surface area contributed by atoms with Crippen molar-refractivity contribution in [2.24, 2.45) is 0 Å². The van der Waals surface area contributed by atoms with Gasteiger partial charge in [0, 0.05) is 0 Å². The highest BCUT2D eigenvalue weighted by molar-refractivity contribution is 5.21. The summed E-state index contributed by atoms with van der Waals surface area (Å²) in [5, 5.41) is 0. The van der Waals surface area contributed by atoms with Gasteiger partial charge in [0.15, 0.2) is 0 Å². The smallest absolute Gasteiger partial charge is 0.213 e. The van der Waals surface area contributed by atoms with Crippen molar-refractivity contribution in [2.45, 2.75) is 6.61 Å². The highest BCUT2D eigenvalue weighted by atomic mass is 19.1. The Morgan fingerprint density at radius 3 is 2.53 bits per heavy atom. The van der Waals surface area contributed by atoms with Crippen molar-refractivity contribution in [1.29, 1.82) is 0 Å². The maximum absolute atomic E-state index is 12.7. The van der Waals surface area contributed by atoms with E-state index in [4.69, 9.17) is 4.74 Å². The molecule has 1 aromatic carbocycles. The summed E-state index contributed by atoms with van der Waals surface area (Å²) >= 11 is 0. The predicted molar refractivity (Wildman–Crippen MR) is 55.0 cm³/mol. The number of hydrogen-bond acceptors (Lipinski definition) is 2. The fourth-order valence-corrected chi connectivity index (χ4v) is 1.20. The van der Waals surface area contributed by atoms with E-state index in [9.17, 15) is 4.39 Å². The number of aromatic nitrogens is 1. The molecule has 2 nitrogen and oxygen atoms in total. The number of rotatable bonds is 3. The van der Waals surface area contributed by atoms with Crippen LogP contribution in [-0.2, 0) is 6.61 Å². The van der Waals surface area contributed by atoms with E-state index in [-0.39, 0.29) is 6.61 Å². The summed E-state index contributed by atoms with van der Waals surface area (Å²) in [6.07, 6.45) is 0. The van der Waals surface area contributed by atoms with E-state index < -0.39 is 5.95 Å². The van der Waals surface area contributed by atoms with Gasteiger partial charge >= 0.3 is 0 Å². The number of pyridine rings is 1. The number of hydrogen-bond donors (Lipinski definition) is 0. The molecule has 0 fully saturated rings. The maximum Gasteiger partial charge on any atom is 0.213 e. The normalized spacial score (nSPS) is 9.93. The van der Waals surface area contributed by atoms with Crippen molar-refractivity contribution < 1.29 is 9.13 Å². The third-order valence-corrected chi connectivity index (χ3v) is 1.90. The molecular formula is C12H10FNO. The van der Waals surface area contributed by atoms with Crippen LogP contribution in [0.5, 0.6) is 5.75 Å². The monoisotopic (exact) mass is 203 g/mol. The first-order chi connectivity index (χ1) is 7.34. The van der Waals surface area contributed by atoms with Crippen LogP contribution in [0.3, 0.4) is 0 Å². The molecule has 0 radical (unpaired) electrons. The lowest BCUT2D eigenvalue weighted by molar-refractivity contribution is 0.299. The zero-order valence-electron chi connectivity index (χ0n) is 8.06. The van der Waals surface area contributed by atoms with Gasteiger partial charge in [-0.1, -0.05) is 24.3 Å². The molecule has 0 bridgehead atoms. The van der Waals surface area contributed by atoms with Crippen LogP contribution in [0, 0.1) is 5.95 Å². The molecule has 0 unspecified atom stereocenters. The van der Waals surface area contributed by atoms with Crippen LogP contribution >= 0.6 is 0 Å². The van der Waals surface area contributed by atoms with Crippen molar-refractivity contribution >= 4 is 0 Å². The van der Waals surface area contributed by atoms with Gasteiger partial charge in [-0.2, -0.15) is 4.39 Å². The number of ether oxygens (including phenoxy) is 1. The van der Waals surface area contributed by atoms with Crippen LogP contribution in [0.4, 0.5) is 4.39 Å². The molecule has 15 heavy (non-hydrogen) atoms. The fourth-order valence-electron chi connectivity index (χ4n) is 1.20. The van der Waals surface area contributed by atoms with Crippen molar-refractivity contribution in [3.8, 4) is 5.75 Å². The van der Waals surface area contributed by atoms with Crippen molar-refractivity contribution in [3.05, 3.63) is 60.2 Å². The molecule has 2 rings (SSSR count). The van der Waals surface area contributed by atoms with E-state index in [0.29, 0.717) is 5.69 Å². The van der Waals surface area contributed by atoms with Crippen LogP contribution in [-0.4, -0.2) is 4.98 Å². The highest BCUT2D eigenvalue weighted by Gasteiger charge is 1.97. The summed E-state index contributed by atoms with van der Waals surface area (Å²) in [5.74, 6) is 0.271. The fraction of sp³-hybridized carbons (Fsp3) is 0.0833. The van der Waals surface area contributed by atoms with Gasteiger partial charge in [-0.05, 0) is 24.3 Å². The van der Waals surface area contributed by atoms with Crippen molar-refractivity contribution in [1.82, 2.24) is 4.98 Å². The topological polar surface area (TPSA) is 22.1 Å². The van der Waals surface area contributed by atoms with E-state index in [1.807, 2.05) is 30.3 Å². The van der Waals surface area contributed by atoms with Gasteiger partial charge in [0.1, 0.15) is 12.4 Å². The minimum atomic E-state index is -0.482. The van der Waals surface area contributed by atoms with Crippen LogP contribution in [0.2, 0.25) is 0 Å². The molecule has 1 aromatic heterocycles. The molecular weight excluding hydrogens is 193 g/mol. The number of benzene rings is 1. The Morgan fingerprint density at radius 2 is 1.80 bits per heavy atom. The molecule has 0 atom stereocenters. The molecule has 0 aliphatic carbocycles. The van der Waals surface area contributed by atoms with Gasteiger partial charge in [0.2, 0.25) is 5.95 Å². The van der Waals surface area contributed by atoms with Gasteiger partial charge in [0.05, 0.1) is 5.69 Å². The molecule has 0 amide bonds. The van der Waals surface area contributed by atoms with Crippen LogP contribution in [0.1, 0.15) is 5.69 Å². The van der Waals surface area contributed by atoms with E-state index in [0.717, 1.165) is 5.75 Å². The summed E-state index contributed by atoms with van der Waals surface area (Å²) in [6, 6.07) is 14.0. The summed E-state index contributed by atoms with van der Waals surface area (Å²) in [4.78, 5) is 3.70. The second-order valence-corrected chi connectivity index (χ2v) is 3.05. The minimum absolute atomic E-state index is 0.280. The van der Waals surface area contributed by atoms with Crippen LogP contribution in [0.15, 0.2) is 48.5 Å². The summed E-state index contributed by atoms with van der Waals surface area (Å²) in [5.41, 5.74) is 0.582. The van der Waals surface area contributed by atoms with Crippen LogP contribution in [0.25, 0.3) is 0 Å². The first kappa shape index (κ1) is 9.65. The Morgan fingerprint density at radius 1 is 1.00 bits per heavy atom. The molecule has 2 aromatic rings. The average Bonchev–Trinajstić information content (AvgIpc) is 2.28. The molecule has 0 saturated heterocycles. The Kier molecular flexibility index (Phi) is 2.93. The minimum Gasteiger partial charge on any atom is -0.487 e. The zero-order valence-corrected chi connectivity index (χ0v) is 8.06. The maximum atomic E-state index is 12.7. The molecule has 0 saturated carbocycles. The lowest BCUT2D eigenvalue weighted by Gasteiger charge is -2.04. The molecule has 0 N–H and O–H groups in total. The van der Waals surface area contributed by atoms with Gasteiger partial charge < -0.3 is 4.74 Å². The molecule has 0 spiro atoms. The SMILES string of the molecule is Fc1cccc(COc2ccccc2)n1. The lowest BCUT2D eigenvalue weighted by Crippen LogP contribution is -1.99. The van der Waals surface area contributed by atoms with Gasteiger partial charge in [0.25, 0.3) is 0 Å². The van der Waals surface area contributed by atoms with Gasteiger partial charge in [-0.25, -0.2) is 4.98 Å². The Balaban J connectivity index is 1.99. The molecule has 0 aliphatic heterocycles. The Bertz CT molecular complexity index is 431. The molecule has 76 valence electrons. The average molecular weight is 203 g/mol. The van der Waals surface area contributed by atoms with E-state index in [2.05, 4.69) is 4.98 Å². The Labute approximate surface area is 87.4 Å². The predicted octanol–water partition coefficient (Wildman–Crippen LogP) is 2.80. The largest absolute Gasteiger partial charge is 0.487 e. The van der Waals surface area contributed by atoms with Crippen molar-refractivity contribution in [2.75, 3.05) is 0 Å². The van der Waals surface area contributed by atoms with Crippen molar-refractivity contribution in [3.63, 3.8) is 0 Å². The first-order valence-electron chi connectivity index (χ1n) is 4.64. The molecule has 3 heteroatoms. The van der Waals surface area contributed by atoms with Crippen LogP contribution < -0.4 is 4.74 Å². The van der Waals surface area contributed by atoms with Gasteiger partial charge in [-0.3, -0.25) is 0 Å². The lowest BCUT2D eigenvalue weighted by atomic mass is 10.3. The van der Waals surface area contributed by atoms with E-state index in [1.54, 1.807) is 12.1 Å². The summed E-state index contributed by atoms with van der Waals surface area (Å²) in [6.45, 7) is 0.280. The van der Waals surface area contributed by atoms with Gasteiger partial charge in [-0.15, -0.1) is 0 Å². The third kappa shape index (κ3) is 2.77. The summed E-state index contributed by atoms with van der Waals surface area (Å²) in [7, 11) is 0. The molecule has 1 heterocycles. The third-order valence-electron chi connectivity index (χ3n) is 1.90. The first-order valence-corrected chi connectivity index (χ1v) is 4.64. The quantitative estimate of drug-likeness (QED) is 0.715. The molecule has 0 aliphatic rings. The Hall–Kier alpha value is -1.90. The van der Waals surface area contributed by atoms with E-state index >= 15 is 0 Å². The second kappa shape index (κ2) is 4.55. The summed E-state index contributed by atoms with van der Waals surface area (Å²) < 4.78 is 18.1. The second-order valence-electron chi connectivity index (χ2n) is 3.05. The number of para-hydroxylation sites is 1. The number of nitrogens with zero attached hydrogens (tertiary/aromatic N) is 1. The highest BCUT2D eigenvalue weighted by Crippen LogP contribution is 2.10. The zero-order chi connectivity index (χ0) is 10.5. The number of halogens is 1. The van der Waals surface area contributed by atoms with E-state index in [1.165, 1.54) is 6.07 Å².